The summed E-state index contributed by atoms with van der Waals surface area (Å²) < 4.78 is 113. The molecular weight excluding hydrogens is 1880 g/mol. The van der Waals surface area contributed by atoms with Crippen LogP contribution in [-0.2, 0) is 83.2 Å². The molecule has 0 amide bonds. The molecule has 0 unspecified atom stereocenters. The Kier molecular flexibility index (Phi) is 58.2. The van der Waals surface area contributed by atoms with Crippen LogP contribution in [-0.4, -0.2) is 194 Å². The highest BCUT2D eigenvalue weighted by Crippen LogP contribution is 2.43. The molecule has 0 fully saturated rings. The standard InChI is InChI=1S/C18H15N3O2S.3C12H11N3.2C11H26OSi.C9H12O3S.C7H7ClO2S.C6H14O2.C4H10O.C2H6O.CH4.4H3N/c1-12-3-6-14(7-4-12)24(22,23)21-17-9-10-19-11-16(17)15-8-5-13(2)20-18(15)21;3*1-8-3-4-9-10-7-13-6-5-11(10)15(2)12(9)14-8;2*1-9(2)13(8-12-7,10(3)4)11(5)6;1-8-3-5-9(6-4-8)13(10,11)7-12-2;1-6-2-4-7(5-3-6)11(8,9)10;1-3-4-8-6-5-7-2;1-3-4-5-2;1-3-2;;;;;/h3-11H,1-2H3;3*3-7H,1-2H3;2*9-11H,8H2,1-7H3;3-6H,7H2,1-2H3;2-5H,1H3;3-6H2,1-2H3;3-4H2,1-2H3;1-2H3;1H4;4*1H3. The maximum absolute atomic E-state index is 13.2. The van der Waals surface area contributed by atoms with Crippen molar-refractivity contribution < 1.29 is 58.4 Å². The maximum atomic E-state index is 13.2. The number of ether oxygens (including phenoxy) is 7. The minimum Gasteiger partial charge on any atom is -0.388 e. The van der Waals surface area contributed by atoms with Crippen LogP contribution in [0.15, 0.2) is 210 Å². The second-order valence-corrected chi connectivity index (χ2v) is 53.5. The van der Waals surface area contributed by atoms with Crippen molar-refractivity contribution in [3.05, 3.63) is 235 Å². The van der Waals surface area contributed by atoms with Crippen LogP contribution in [0.1, 0.15) is 157 Å². The SMILES string of the molecule is C.CCCOC.CCCOCCOC.COC.COCS(=O)(=O)c1ccc(C)cc1.COC[Si](C(C)C)(C(C)C)C(C)C.COC[Si](C(C)C)(C(C)C)C(C)C.Cc1ccc(S(=O)(=O)Cl)cc1.Cc1ccc(S(=O)(=O)n2c3ccncc3c3ccc(C)nc32)cc1.Cc1ccc2c3cnccc3n(C)c2n1.Cc1ccc2c3cnccc3n(C)c2n1.Cc1ccc2c3cnccc3n(C)c2n1.N.N.N.N. The molecule has 12 heterocycles. The van der Waals surface area contributed by atoms with Crippen molar-refractivity contribution in [2.75, 3.05) is 94.6 Å². The lowest BCUT2D eigenvalue weighted by Gasteiger charge is -2.42. The molecule has 0 radical (unpaired) electrons. The number of aryl methyl sites for hydroxylation is 10. The molecule has 15 aromatic rings. The lowest BCUT2D eigenvalue weighted by Crippen LogP contribution is -2.49. The molecule has 15 rings (SSSR count). The van der Waals surface area contributed by atoms with E-state index in [1.54, 1.807) is 108 Å². The van der Waals surface area contributed by atoms with Crippen LogP contribution in [0, 0.1) is 48.5 Å². The summed E-state index contributed by atoms with van der Waals surface area (Å²) >= 11 is 0. The van der Waals surface area contributed by atoms with Crippen LogP contribution in [0.3, 0.4) is 0 Å². The van der Waals surface area contributed by atoms with Gasteiger partial charge in [-0.15, -0.1) is 0 Å². The number of nitrogens with zero attached hydrogens (tertiary/aromatic N) is 12. The highest BCUT2D eigenvalue weighted by Gasteiger charge is 2.44. The van der Waals surface area contributed by atoms with Crippen LogP contribution in [0.2, 0.25) is 33.2 Å². The first-order valence-corrected chi connectivity index (χ1v) is 55.9. The number of fused-ring (bicyclic) bond motifs is 12. The Morgan fingerprint density at radius 3 is 0.857 bits per heavy atom. The Morgan fingerprint density at radius 1 is 0.329 bits per heavy atom. The highest BCUT2D eigenvalue weighted by atomic mass is 35.7. The molecule has 0 saturated heterocycles. The number of methoxy groups -OCH3 is 6. The third-order valence-corrected chi connectivity index (χ3v) is 42.9. The van der Waals surface area contributed by atoms with E-state index in [1.807, 2.05) is 170 Å². The molecule has 12 aromatic heterocycles. The van der Waals surface area contributed by atoms with Gasteiger partial charge in [0.15, 0.2) is 11.6 Å². The zero-order valence-electron chi connectivity index (χ0n) is 88.4. The Balaban J connectivity index is 0.00000155. The van der Waals surface area contributed by atoms with Gasteiger partial charge in [-0.25, -0.2) is 49.2 Å². The average Bonchev–Trinajstić information content (AvgIpc) is 1.59. The monoisotopic (exact) mass is 2050 g/mol. The van der Waals surface area contributed by atoms with E-state index >= 15 is 0 Å². The zero-order valence-corrected chi connectivity index (χ0v) is 93.6. The van der Waals surface area contributed by atoms with E-state index in [4.69, 9.17) is 34.4 Å². The van der Waals surface area contributed by atoms with E-state index < -0.39 is 45.1 Å². The number of aromatic nitrogens is 12. The van der Waals surface area contributed by atoms with Crippen LogP contribution in [0.25, 0.3) is 87.7 Å². The van der Waals surface area contributed by atoms with E-state index in [2.05, 4.69) is 178 Å². The van der Waals surface area contributed by atoms with Crippen molar-refractivity contribution in [2.45, 2.75) is 214 Å². The van der Waals surface area contributed by atoms with Gasteiger partial charge in [0.2, 0.25) is 9.84 Å². The number of rotatable bonds is 23. The lowest BCUT2D eigenvalue weighted by atomic mass is 10.2. The lowest BCUT2D eigenvalue weighted by molar-refractivity contribution is 0.0710. The van der Waals surface area contributed by atoms with Crippen molar-refractivity contribution in [1.82, 2.24) is 82.1 Å². The average molecular weight is 2050 g/mol. The first-order chi connectivity index (χ1) is 63.9. The number of hydrogen-bond donors (Lipinski definition) is 4. The highest BCUT2D eigenvalue weighted by molar-refractivity contribution is 8.13. The van der Waals surface area contributed by atoms with Gasteiger partial charge in [-0.3, -0.25) is 19.9 Å². The maximum Gasteiger partial charge on any atom is 0.269 e. The van der Waals surface area contributed by atoms with Gasteiger partial charge in [0.1, 0.15) is 16.9 Å². The van der Waals surface area contributed by atoms with Gasteiger partial charge in [-0.1, -0.05) is 157 Å². The Labute approximate surface area is 842 Å². The van der Waals surface area contributed by atoms with Gasteiger partial charge in [0, 0.05) is 223 Å². The molecule has 29 nitrogen and oxygen atoms in total. The smallest absolute Gasteiger partial charge is 0.269 e. The van der Waals surface area contributed by atoms with Crippen molar-refractivity contribution in [1.29, 1.82) is 0 Å². The molecule has 0 aliphatic rings. The fourth-order valence-electron chi connectivity index (χ4n) is 16.6. The molecule has 0 aliphatic heterocycles. The Bertz CT molecular complexity index is 6160. The van der Waals surface area contributed by atoms with Crippen LogP contribution in [0.5, 0.6) is 0 Å². The molecule has 35 heteroatoms. The Hall–Kier alpha value is -9.81. The third kappa shape index (κ3) is 35.1. The summed E-state index contributed by atoms with van der Waals surface area (Å²) in [6, 6.07) is 43.9. The fourth-order valence-corrected chi connectivity index (χ4v) is 30.9. The second kappa shape index (κ2) is 62.6. The van der Waals surface area contributed by atoms with Crippen molar-refractivity contribution in [2.24, 2.45) is 21.1 Å². The summed E-state index contributed by atoms with van der Waals surface area (Å²) in [7, 11) is 9.84. The molecule has 0 aliphatic carbocycles. The Morgan fingerprint density at radius 2 is 0.600 bits per heavy atom. The number of halogens is 1. The predicted molar refractivity (Wildman–Crippen MR) is 591 cm³/mol. The van der Waals surface area contributed by atoms with Gasteiger partial charge in [-0.2, -0.15) is 0 Å². The fraction of sp³-hybridized carbons (Fsp3) is 0.448. The van der Waals surface area contributed by atoms with Crippen LogP contribution in [0.4, 0.5) is 0 Å². The first kappa shape index (κ1) is 130. The number of pyridine rings is 8. The third-order valence-electron chi connectivity index (χ3n) is 23.8. The first-order valence-electron chi connectivity index (χ1n) is 45.6. The number of benzene rings is 3. The quantitative estimate of drug-likeness (QED) is 0.0262. The van der Waals surface area contributed by atoms with E-state index in [9.17, 15) is 25.3 Å². The van der Waals surface area contributed by atoms with E-state index in [0.29, 0.717) is 22.7 Å². The number of sulfone groups is 1. The molecule has 776 valence electrons. The van der Waals surface area contributed by atoms with E-state index in [1.165, 1.54) is 72.1 Å². The molecule has 140 heavy (non-hydrogen) atoms. The van der Waals surface area contributed by atoms with Crippen LogP contribution >= 0.6 is 10.7 Å². The number of hydrogen-bond acceptors (Lipinski definition) is 25. The second-order valence-electron chi connectivity index (χ2n) is 35.2. The molecule has 0 spiro atoms. The van der Waals surface area contributed by atoms with Crippen molar-refractivity contribution in [3.63, 3.8) is 0 Å². The largest absolute Gasteiger partial charge is 0.388 e. The minimum atomic E-state index is -3.76. The normalized spacial score (nSPS) is 11.2. The summed E-state index contributed by atoms with van der Waals surface area (Å²) in [5.74, 6) is -0.268. The summed E-state index contributed by atoms with van der Waals surface area (Å²) in [5.41, 5.74) is 19.4. The summed E-state index contributed by atoms with van der Waals surface area (Å²) in [6.45, 7) is 49.3. The topological polar surface area (TPSA) is 430 Å². The van der Waals surface area contributed by atoms with Gasteiger partial charge >= 0.3 is 0 Å². The molecular formula is C105H165ClN16O13S3Si2. The predicted octanol–water partition coefficient (Wildman–Crippen LogP) is 25.4. The van der Waals surface area contributed by atoms with E-state index in [-0.39, 0.29) is 47.8 Å². The van der Waals surface area contributed by atoms with E-state index in [0.717, 1.165) is 146 Å². The summed E-state index contributed by atoms with van der Waals surface area (Å²) in [5, 5.41) is 8.58. The van der Waals surface area contributed by atoms with Crippen LogP contribution < -0.4 is 24.6 Å². The van der Waals surface area contributed by atoms with Gasteiger partial charge in [-0.05, 0) is 204 Å². The molecule has 0 bridgehead atoms. The molecule has 0 atom stereocenters. The van der Waals surface area contributed by atoms with Gasteiger partial charge < -0.3 is 71.5 Å². The molecule has 0 saturated carbocycles. The molecule has 3 aromatic carbocycles. The summed E-state index contributed by atoms with van der Waals surface area (Å²) in [6.07, 6.45) is 18.6. The van der Waals surface area contributed by atoms with Crippen molar-refractivity contribution in [3.8, 4) is 0 Å². The minimum absolute atomic E-state index is 0. The van der Waals surface area contributed by atoms with Gasteiger partial charge in [0.05, 0.1) is 66.1 Å². The zero-order chi connectivity index (χ0) is 101. The summed E-state index contributed by atoms with van der Waals surface area (Å²) in [4.78, 5) is 35.4. The van der Waals surface area contributed by atoms with Gasteiger partial charge in [0.25, 0.3) is 19.1 Å². The van der Waals surface area contributed by atoms with Crippen molar-refractivity contribution >= 4 is 143 Å². The molecule has 12 N–H and O–H groups in total.